The molecule has 4 nitrogen and oxygen atoms in total. The van der Waals surface area contributed by atoms with Crippen molar-refractivity contribution in [1.29, 1.82) is 0 Å². The Morgan fingerprint density at radius 3 is 2.48 bits per heavy atom. The van der Waals surface area contributed by atoms with E-state index in [4.69, 9.17) is 9.47 Å². The van der Waals surface area contributed by atoms with Crippen LogP contribution in [0, 0.1) is 0 Å². The monoisotopic (exact) mass is 383 g/mol. The predicted molar refractivity (Wildman–Crippen MR) is 113 cm³/mol. The summed E-state index contributed by atoms with van der Waals surface area (Å²) in [7, 11) is 0. The topological polar surface area (TPSA) is 38.8 Å². The van der Waals surface area contributed by atoms with E-state index in [1.165, 1.54) is 18.1 Å². The van der Waals surface area contributed by atoms with E-state index in [0.29, 0.717) is 23.0 Å². The van der Waals surface area contributed by atoms with Crippen LogP contribution in [0.25, 0.3) is 10.8 Å². The quantitative estimate of drug-likeness (QED) is 0.455. The van der Waals surface area contributed by atoms with Crippen LogP contribution in [0.4, 0.5) is 0 Å². The van der Waals surface area contributed by atoms with Gasteiger partial charge in [-0.3, -0.25) is 4.79 Å². The fourth-order valence-electron chi connectivity index (χ4n) is 3.98. The lowest BCUT2D eigenvalue weighted by atomic mass is 9.99. The highest BCUT2D eigenvalue weighted by molar-refractivity contribution is 6.06. The van der Waals surface area contributed by atoms with Gasteiger partial charge in [-0.2, -0.15) is 0 Å². The highest BCUT2D eigenvalue weighted by Gasteiger charge is 2.21. The number of ether oxygens (including phenoxy) is 2. The number of allylic oxidation sites excluding steroid dienone is 1. The Hall–Kier alpha value is -3.53. The minimum Gasteiger partial charge on any atom is -0.458 e. The largest absolute Gasteiger partial charge is 0.458 e. The van der Waals surface area contributed by atoms with Crippen LogP contribution < -0.4 is 9.47 Å². The van der Waals surface area contributed by atoms with Crippen molar-refractivity contribution in [3.63, 3.8) is 0 Å². The summed E-state index contributed by atoms with van der Waals surface area (Å²) >= 11 is 0. The molecule has 1 saturated heterocycles. The second kappa shape index (κ2) is 7.47. The van der Waals surface area contributed by atoms with Crippen LogP contribution >= 0.6 is 0 Å². The summed E-state index contributed by atoms with van der Waals surface area (Å²) in [4.78, 5) is 14.9. The molecule has 0 saturated carbocycles. The predicted octanol–water partition coefficient (Wildman–Crippen LogP) is 5.27. The van der Waals surface area contributed by atoms with Gasteiger partial charge < -0.3 is 14.4 Å². The van der Waals surface area contributed by atoms with E-state index in [9.17, 15) is 4.79 Å². The van der Waals surface area contributed by atoms with E-state index in [1.54, 1.807) is 6.08 Å². The molecule has 29 heavy (non-hydrogen) atoms. The number of carbonyl (C=O) groups excluding carboxylic acids is 1. The Morgan fingerprint density at radius 1 is 0.931 bits per heavy atom. The third-order valence-electron chi connectivity index (χ3n) is 5.56. The molecular formula is C25H21NO3. The van der Waals surface area contributed by atoms with E-state index in [1.807, 2.05) is 42.6 Å². The molecular weight excluding hydrogens is 362 g/mol. The van der Waals surface area contributed by atoms with Crippen molar-refractivity contribution in [2.75, 3.05) is 13.1 Å². The molecule has 0 amide bonds. The number of nitrogens with zero attached hydrogens (tertiary/aromatic N) is 1. The van der Waals surface area contributed by atoms with E-state index in [-0.39, 0.29) is 5.78 Å². The molecule has 1 atom stereocenters. The molecule has 0 aromatic heterocycles. The molecule has 1 unspecified atom stereocenters. The highest BCUT2D eigenvalue weighted by Crippen LogP contribution is 2.35. The number of hydrogen-bond acceptors (Lipinski definition) is 4. The molecule has 0 spiro atoms. The number of benzene rings is 3. The molecule has 2 aliphatic rings. The number of rotatable bonds is 4. The Labute approximate surface area is 169 Å². The maximum absolute atomic E-state index is 12.7. The van der Waals surface area contributed by atoms with Crippen molar-refractivity contribution < 1.29 is 14.3 Å². The van der Waals surface area contributed by atoms with Crippen molar-refractivity contribution in [2.45, 2.75) is 12.3 Å². The summed E-state index contributed by atoms with van der Waals surface area (Å²) in [5.41, 5.74) is 2.04. The van der Waals surface area contributed by atoms with Crippen LogP contribution in [0.3, 0.4) is 0 Å². The fraction of sp³-hybridized carbons (Fsp3) is 0.160. The molecule has 3 aromatic rings. The molecule has 5 rings (SSSR count). The number of fused-ring (bicyclic) bond motifs is 2. The molecule has 1 fully saturated rings. The van der Waals surface area contributed by atoms with Crippen molar-refractivity contribution in [2.24, 2.45) is 0 Å². The van der Waals surface area contributed by atoms with Gasteiger partial charge in [0.05, 0.1) is 0 Å². The Balaban J connectivity index is 1.30. The van der Waals surface area contributed by atoms with Gasteiger partial charge in [0.25, 0.3) is 0 Å². The zero-order valence-corrected chi connectivity index (χ0v) is 16.0. The lowest BCUT2D eigenvalue weighted by molar-refractivity contribution is 0.104. The minimum atomic E-state index is 0.00449. The fourth-order valence-corrected chi connectivity index (χ4v) is 3.98. The molecule has 3 aromatic carbocycles. The van der Waals surface area contributed by atoms with Gasteiger partial charge in [-0.1, -0.05) is 42.5 Å². The van der Waals surface area contributed by atoms with Crippen LogP contribution in [0.1, 0.15) is 28.3 Å². The first-order valence-electron chi connectivity index (χ1n) is 9.84. The van der Waals surface area contributed by atoms with Crippen LogP contribution in [-0.4, -0.2) is 23.8 Å². The molecule has 4 heteroatoms. The average molecular weight is 383 g/mol. The lowest BCUT2D eigenvalue weighted by Gasteiger charge is -2.14. The Kier molecular flexibility index (Phi) is 4.53. The van der Waals surface area contributed by atoms with Crippen LogP contribution in [-0.2, 0) is 0 Å². The number of ketones is 1. The van der Waals surface area contributed by atoms with Crippen molar-refractivity contribution in [3.8, 4) is 11.5 Å². The second-order valence-electron chi connectivity index (χ2n) is 7.44. The first kappa shape index (κ1) is 17.6. The van der Waals surface area contributed by atoms with Gasteiger partial charge in [0.1, 0.15) is 12.5 Å². The number of likely N-dealkylation sites (tertiary alicyclic amines) is 1. The number of hydrogen-bond donors (Lipinski definition) is 0. The summed E-state index contributed by atoms with van der Waals surface area (Å²) in [6.07, 6.45) is 7.74. The van der Waals surface area contributed by atoms with Gasteiger partial charge in [0, 0.05) is 36.8 Å². The lowest BCUT2D eigenvalue weighted by Crippen LogP contribution is -2.13. The van der Waals surface area contributed by atoms with Crippen LogP contribution in [0.5, 0.6) is 11.5 Å². The van der Waals surface area contributed by atoms with Gasteiger partial charge in [-0.05, 0) is 41.0 Å². The summed E-state index contributed by atoms with van der Waals surface area (Å²) < 4.78 is 10.9. The summed E-state index contributed by atoms with van der Waals surface area (Å²) in [5.74, 6) is 1.87. The minimum absolute atomic E-state index is 0.00449. The first-order valence-corrected chi connectivity index (χ1v) is 9.84. The van der Waals surface area contributed by atoms with E-state index in [2.05, 4.69) is 29.2 Å². The van der Waals surface area contributed by atoms with Crippen LogP contribution in [0.2, 0.25) is 0 Å². The van der Waals surface area contributed by atoms with Gasteiger partial charge in [0.2, 0.25) is 0 Å². The Morgan fingerprint density at radius 2 is 1.69 bits per heavy atom. The Bertz CT molecular complexity index is 1120. The zero-order chi connectivity index (χ0) is 19.6. The molecule has 0 radical (unpaired) electrons. The van der Waals surface area contributed by atoms with Crippen LogP contribution in [0.15, 0.2) is 85.5 Å². The maximum atomic E-state index is 12.7. The third-order valence-corrected chi connectivity index (χ3v) is 5.56. The average Bonchev–Trinajstić information content (AvgIpc) is 3.25. The van der Waals surface area contributed by atoms with E-state index >= 15 is 0 Å². The van der Waals surface area contributed by atoms with Crippen molar-refractivity contribution in [3.05, 3.63) is 96.6 Å². The summed E-state index contributed by atoms with van der Waals surface area (Å²) in [6.45, 7) is 1.92. The van der Waals surface area contributed by atoms with Crippen molar-refractivity contribution >= 4 is 16.6 Å². The van der Waals surface area contributed by atoms with Gasteiger partial charge >= 0.3 is 0 Å². The molecule has 0 aliphatic carbocycles. The number of carbonyl (C=O) groups is 1. The standard InChI is InChI=1S/C25H21NO3/c27-23(9-11-26-10-8-21(17-26)18-4-2-1-3-5-18)20-7-6-19-15-24-25(16-22(19)14-20)29-13-12-28-24/h1-7,9,11-16,21H,8,10,17H2/b11-9+. The SMILES string of the molecule is O=C(/C=C/N1CCC(c2ccccc2)C1)c1ccc2cc3c(cc2c1)OC=CO3. The second-order valence-corrected chi connectivity index (χ2v) is 7.44. The van der Waals surface area contributed by atoms with E-state index in [0.717, 1.165) is 30.3 Å². The summed E-state index contributed by atoms with van der Waals surface area (Å²) in [5, 5.41) is 1.96. The van der Waals surface area contributed by atoms with Crippen molar-refractivity contribution in [1.82, 2.24) is 4.90 Å². The molecule has 2 heterocycles. The highest BCUT2D eigenvalue weighted by atomic mass is 16.5. The molecule has 0 bridgehead atoms. The molecule has 0 N–H and O–H groups in total. The first-order chi connectivity index (χ1) is 14.3. The third kappa shape index (κ3) is 3.61. The van der Waals surface area contributed by atoms with Gasteiger partial charge in [-0.15, -0.1) is 0 Å². The molecule has 144 valence electrons. The zero-order valence-electron chi connectivity index (χ0n) is 16.0. The smallest absolute Gasteiger partial charge is 0.187 e. The molecule has 2 aliphatic heterocycles. The van der Waals surface area contributed by atoms with Gasteiger partial charge in [0.15, 0.2) is 17.3 Å². The van der Waals surface area contributed by atoms with Gasteiger partial charge in [-0.25, -0.2) is 0 Å². The van der Waals surface area contributed by atoms with E-state index < -0.39 is 0 Å². The maximum Gasteiger partial charge on any atom is 0.187 e. The summed E-state index contributed by atoms with van der Waals surface area (Å²) in [6, 6.07) is 20.1. The normalized spacial score (nSPS) is 17.9.